The first kappa shape index (κ1) is 13.4. The first-order valence-corrected chi connectivity index (χ1v) is 7.93. The SMILES string of the molecule is Cc1cccc(NC2(CO)CCS(=O)(=O)CC2)c1. The van der Waals surface area contributed by atoms with Crippen LogP contribution in [0.25, 0.3) is 0 Å². The predicted octanol–water partition coefficient (Wildman–Crippen LogP) is 1.35. The predicted molar refractivity (Wildman–Crippen MR) is 72.5 cm³/mol. The van der Waals surface area contributed by atoms with Gasteiger partial charge in [0.05, 0.1) is 23.7 Å². The number of hydrogen-bond acceptors (Lipinski definition) is 4. The summed E-state index contributed by atoms with van der Waals surface area (Å²) in [5.74, 6) is 0.290. The van der Waals surface area contributed by atoms with E-state index in [4.69, 9.17) is 0 Å². The highest BCUT2D eigenvalue weighted by Crippen LogP contribution is 2.28. The van der Waals surface area contributed by atoms with Crippen LogP contribution in [0.4, 0.5) is 5.69 Å². The molecular formula is C13H19NO3S. The minimum atomic E-state index is -2.92. The Kier molecular flexibility index (Phi) is 3.64. The number of aryl methyl sites for hydroxylation is 1. The van der Waals surface area contributed by atoms with Crippen molar-refractivity contribution in [3.63, 3.8) is 0 Å². The van der Waals surface area contributed by atoms with E-state index in [0.29, 0.717) is 12.8 Å². The van der Waals surface area contributed by atoms with Crippen LogP contribution in [0.5, 0.6) is 0 Å². The summed E-state index contributed by atoms with van der Waals surface area (Å²) in [5.41, 5.74) is 1.57. The molecule has 2 rings (SSSR count). The van der Waals surface area contributed by atoms with Crippen LogP contribution in [0.1, 0.15) is 18.4 Å². The maximum atomic E-state index is 11.5. The van der Waals surface area contributed by atoms with E-state index in [2.05, 4.69) is 5.32 Å². The van der Waals surface area contributed by atoms with Crippen LogP contribution < -0.4 is 5.32 Å². The molecule has 0 radical (unpaired) electrons. The topological polar surface area (TPSA) is 66.4 Å². The Morgan fingerprint density at radius 1 is 1.33 bits per heavy atom. The number of benzene rings is 1. The number of nitrogens with one attached hydrogen (secondary N) is 1. The highest BCUT2D eigenvalue weighted by Gasteiger charge is 2.36. The smallest absolute Gasteiger partial charge is 0.150 e. The molecule has 1 aliphatic heterocycles. The van der Waals surface area contributed by atoms with Crippen molar-refractivity contribution in [1.29, 1.82) is 0 Å². The Balaban J connectivity index is 2.15. The fraction of sp³-hybridized carbons (Fsp3) is 0.538. The van der Waals surface area contributed by atoms with Crippen LogP contribution in [0, 0.1) is 6.92 Å². The number of hydrogen-bond donors (Lipinski definition) is 2. The summed E-state index contributed by atoms with van der Waals surface area (Å²) in [6.45, 7) is 1.96. The average molecular weight is 269 g/mol. The molecule has 1 aliphatic rings. The number of anilines is 1. The van der Waals surface area contributed by atoms with E-state index in [0.717, 1.165) is 11.3 Å². The molecule has 1 aromatic rings. The molecule has 0 saturated carbocycles. The van der Waals surface area contributed by atoms with Gasteiger partial charge in [-0.05, 0) is 37.5 Å². The molecule has 0 aliphatic carbocycles. The molecule has 0 amide bonds. The summed E-state index contributed by atoms with van der Waals surface area (Å²) in [7, 11) is -2.92. The van der Waals surface area contributed by atoms with Gasteiger partial charge in [-0.2, -0.15) is 0 Å². The van der Waals surface area contributed by atoms with Gasteiger partial charge in [0.15, 0.2) is 9.84 Å². The fourth-order valence-corrected chi connectivity index (χ4v) is 3.89. The second-order valence-corrected chi connectivity index (χ2v) is 7.39. The van der Waals surface area contributed by atoms with Gasteiger partial charge < -0.3 is 10.4 Å². The largest absolute Gasteiger partial charge is 0.394 e. The zero-order chi connectivity index (χ0) is 13.2. The molecule has 0 spiro atoms. The van der Waals surface area contributed by atoms with Gasteiger partial charge in [0.2, 0.25) is 0 Å². The summed E-state index contributed by atoms with van der Waals surface area (Å²) in [5, 5.41) is 12.9. The average Bonchev–Trinajstić information content (AvgIpc) is 2.33. The second-order valence-electron chi connectivity index (χ2n) is 5.08. The maximum Gasteiger partial charge on any atom is 0.150 e. The van der Waals surface area contributed by atoms with E-state index in [9.17, 15) is 13.5 Å². The molecule has 1 fully saturated rings. The minimum Gasteiger partial charge on any atom is -0.394 e. The number of rotatable bonds is 3. The van der Waals surface area contributed by atoms with Gasteiger partial charge in [0.1, 0.15) is 0 Å². The van der Waals surface area contributed by atoms with Crippen molar-refractivity contribution in [3.8, 4) is 0 Å². The van der Waals surface area contributed by atoms with Gasteiger partial charge in [0, 0.05) is 5.69 Å². The van der Waals surface area contributed by atoms with Gasteiger partial charge in [-0.15, -0.1) is 0 Å². The highest BCUT2D eigenvalue weighted by atomic mass is 32.2. The summed E-state index contributed by atoms with van der Waals surface area (Å²) >= 11 is 0. The van der Waals surface area contributed by atoms with Crippen molar-refractivity contribution >= 4 is 15.5 Å². The van der Waals surface area contributed by atoms with Crippen molar-refractivity contribution < 1.29 is 13.5 Å². The van der Waals surface area contributed by atoms with E-state index < -0.39 is 15.4 Å². The van der Waals surface area contributed by atoms with Crippen LogP contribution in [0.3, 0.4) is 0 Å². The van der Waals surface area contributed by atoms with Crippen molar-refractivity contribution in [2.45, 2.75) is 25.3 Å². The molecule has 100 valence electrons. The van der Waals surface area contributed by atoms with Crippen LogP contribution in [-0.4, -0.2) is 37.2 Å². The van der Waals surface area contributed by atoms with E-state index in [1.807, 2.05) is 31.2 Å². The number of aliphatic hydroxyl groups excluding tert-OH is 1. The lowest BCUT2D eigenvalue weighted by molar-refractivity contribution is 0.200. The van der Waals surface area contributed by atoms with Gasteiger partial charge in [-0.25, -0.2) is 8.42 Å². The molecular weight excluding hydrogens is 250 g/mol. The zero-order valence-corrected chi connectivity index (χ0v) is 11.3. The van der Waals surface area contributed by atoms with E-state index >= 15 is 0 Å². The van der Waals surface area contributed by atoms with E-state index in [1.54, 1.807) is 0 Å². The van der Waals surface area contributed by atoms with Crippen molar-refractivity contribution in [1.82, 2.24) is 0 Å². The molecule has 0 atom stereocenters. The van der Waals surface area contributed by atoms with Crippen molar-refractivity contribution in [3.05, 3.63) is 29.8 Å². The molecule has 1 heterocycles. The molecule has 0 bridgehead atoms. The Labute approximate surface area is 108 Å². The van der Waals surface area contributed by atoms with Gasteiger partial charge >= 0.3 is 0 Å². The summed E-state index contributed by atoms with van der Waals surface area (Å²) in [4.78, 5) is 0. The summed E-state index contributed by atoms with van der Waals surface area (Å²) < 4.78 is 22.9. The Morgan fingerprint density at radius 3 is 2.56 bits per heavy atom. The van der Waals surface area contributed by atoms with Crippen LogP contribution in [-0.2, 0) is 9.84 Å². The standard InChI is InChI=1S/C13H19NO3S/c1-11-3-2-4-12(9-11)14-13(10-15)5-7-18(16,17)8-6-13/h2-4,9,14-15H,5-8,10H2,1H3. The Hall–Kier alpha value is -1.07. The minimum absolute atomic E-state index is 0.0452. The third-order valence-corrected chi connectivity index (χ3v) is 5.17. The Bertz CT molecular complexity index is 511. The molecule has 0 aromatic heterocycles. The maximum absolute atomic E-state index is 11.5. The number of sulfone groups is 1. The normalized spacial score (nSPS) is 21.4. The van der Waals surface area contributed by atoms with Crippen molar-refractivity contribution in [2.24, 2.45) is 0 Å². The van der Waals surface area contributed by atoms with Gasteiger partial charge in [-0.1, -0.05) is 12.1 Å². The van der Waals surface area contributed by atoms with Gasteiger partial charge in [-0.3, -0.25) is 0 Å². The molecule has 0 unspecified atom stereocenters. The Morgan fingerprint density at radius 2 is 2.00 bits per heavy atom. The van der Waals surface area contributed by atoms with Gasteiger partial charge in [0.25, 0.3) is 0 Å². The third-order valence-electron chi connectivity index (χ3n) is 3.51. The lowest BCUT2D eigenvalue weighted by atomic mass is 9.92. The highest BCUT2D eigenvalue weighted by molar-refractivity contribution is 7.91. The van der Waals surface area contributed by atoms with E-state index in [1.165, 1.54) is 0 Å². The zero-order valence-electron chi connectivity index (χ0n) is 10.5. The number of aliphatic hydroxyl groups is 1. The second kappa shape index (κ2) is 4.90. The lowest BCUT2D eigenvalue weighted by Crippen LogP contribution is -2.48. The molecule has 4 nitrogen and oxygen atoms in total. The summed E-state index contributed by atoms with van der Waals surface area (Å²) in [6, 6.07) is 7.89. The van der Waals surface area contributed by atoms with Crippen molar-refractivity contribution in [2.75, 3.05) is 23.4 Å². The van der Waals surface area contributed by atoms with E-state index in [-0.39, 0.29) is 18.1 Å². The lowest BCUT2D eigenvalue weighted by Gasteiger charge is -2.37. The quantitative estimate of drug-likeness (QED) is 0.869. The summed E-state index contributed by atoms with van der Waals surface area (Å²) in [6.07, 6.45) is 0.916. The van der Waals surface area contributed by atoms with Crippen LogP contribution in [0.15, 0.2) is 24.3 Å². The third kappa shape index (κ3) is 3.03. The van der Waals surface area contributed by atoms with Crippen LogP contribution in [0.2, 0.25) is 0 Å². The first-order chi connectivity index (χ1) is 8.45. The molecule has 1 aromatic carbocycles. The molecule has 5 heteroatoms. The molecule has 18 heavy (non-hydrogen) atoms. The van der Waals surface area contributed by atoms with Crippen LogP contribution >= 0.6 is 0 Å². The fourth-order valence-electron chi connectivity index (χ4n) is 2.28. The molecule has 2 N–H and O–H groups in total. The molecule has 1 saturated heterocycles. The monoisotopic (exact) mass is 269 g/mol. The first-order valence-electron chi connectivity index (χ1n) is 6.11.